The average Bonchev–Trinajstić information content (AvgIpc) is 2.25. The third kappa shape index (κ3) is 3.34. The number of rotatable bonds is 4. The van der Waals surface area contributed by atoms with Crippen LogP contribution in [0.1, 0.15) is 19.8 Å². The zero-order valence-corrected chi connectivity index (χ0v) is 9.22. The number of allylic oxidation sites excluding steroid dienone is 2. The predicted molar refractivity (Wildman–Crippen MR) is 57.7 cm³/mol. The summed E-state index contributed by atoms with van der Waals surface area (Å²) < 4.78 is 0. The van der Waals surface area contributed by atoms with Gasteiger partial charge in [-0.15, -0.1) is 0 Å². The topological polar surface area (TPSA) is 86.6 Å². The smallest absolute Gasteiger partial charge is 0.307 e. The van der Waals surface area contributed by atoms with Gasteiger partial charge in [-0.2, -0.15) is 0 Å². The number of carbonyl (C=O) groups is 2. The lowest BCUT2D eigenvalue weighted by Gasteiger charge is -2.24. The first-order valence-electron chi connectivity index (χ1n) is 5.36. The molecule has 1 aliphatic carbocycles. The lowest BCUT2D eigenvalue weighted by Crippen LogP contribution is -2.41. The van der Waals surface area contributed by atoms with E-state index in [9.17, 15) is 9.59 Å². The van der Waals surface area contributed by atoms with Crippen molar-refractivity contribution in [1.29, 1.82) is 0 Å². The highest BCUT2D eigenvalue weighted by atomic mass is 16.4. The number of nitrogens with one attached hydrogen (secondary N) is 1. The zero-order chi connectivity index (χ0) is 12.1. The average molecular weight is 227 g/mol. The maximum Gasteiger partial charge on any atom is 0.307 e. The molecule has 3 atom stereocenters. The maximum atomic E-state index is 11.7. The monoisotopic (exact) mass is 227 g/mol. The van der Waals surface area contributed by atoms with E-state index in [4.69, 9.17) is 10.2 Å². The van der Waals surface area contributed by atoms with Gasteiger partial charge in [0.2, 0.25) is 5.91 Å². The summed E-state index contributed by atoms with van der Waals surface area (Å²) in [5.74, 6) is -2.42. The van der Waals surface area contributed by atoms with Gasteiger partial charge in [-0.3, -0.25) is 9.59 Å². The summed E-state index contributed by atoms with van der Waals surface area (Å²) in [6.07, 6.45) is 3.83. The molecule has 16 heavy (non-hydrogen) atoms. The van der Waals surface area contributed by atoms with Gasteiger partial charge in [-0.05, 0) is 19.8 Å². The minimum absolute atomic E-state index is 0.158. The van der Waals surface area contributed by atoms with E-state index in [0.717, 1.165) is 0 Å². The first kappa shape index (κ1) is 12.7. The van der Waals surface area contributed by atoms with E-state index in [1.54, 1.807) is 13.0 Å². The number of carboxylic acids is 1. The molecule has 1 aliphatic rings. The molecule has 0 saturated heterocycles. The molecule has 0 bridgehead atoms. The minimum atomic E-state index is -0.943. The second kappa shape index (κ2) is 5.65. The molecule has 1 unspecified atom stereocenters. The molecule has 3 N–H and O–H groups in total. The van der Waals surface area contributed by atoms with Crippen LogP contribution in [0, 0.1) is 11.8 Å². The van der Waals surface area contributed by atoms with Crippen molar-refractivity contribution in [3.8, 4) is 0 Å². The van der Waals surface area contributed by atoms with E-state index >= 15 is 0 Å². The lowest BCUT2D eigenvalue weighted by molar-refractivity contribution is -0.147. The molecule has 0 aliphatic heterocycles. The number of carbonyl (C=O) groups excluding carboxylic acids is 1. The van der Waals surface area contributed by atoms with Crippen molar-refractivity contribution in [3.05, 3.63) is 12.2 Å². The Labute approximate surface area is 94.2 Å². The molecule has 0 fully saturated rings. The molecule has 90 valence electrons. The molecule has 0 saturated carbocycles. The second-order valence-electron chi connectivity index (χ2n) is 4.09. The molecular formula is C11H17NO4. The molecule has 0 aromatic rings. The van der Waals surface area contributed by atoms with Crippen LogP contribution in [0.25, 0.3) is 0 Å². The summed E-state index contributed by atoms with van der Waals surface area (Å²) in [6, 6.07) is 0. The Hall–Kier alpha value is -1.36. The quantitative estimate of drug-likeness (QED) is 0.597. The van der Waals surface area contributed by atoms with Gasteiger partial charge in [0.25, 0.3) is 0 Å². The number of hydrogen-bond acceptors (Lipinski definition) is 3. The highest BCUT2D eigenvalue weighted by molar-refractivity contribution is 5.85. The molecular weight excluding hydrogens is 210 g/mol. The first-order valence-corrected chi connectivity index (χ1v) is 5.36. The fourth-order valence-corrected chi connectivity index (χ4v) is 1.76. The van der Waals surface area contributed by atoms with E-state index in [1.807, 2.05) is 6.08 Å². The summed E-state index contributed by atoms with van der Waals surface area (Å²) >= 11 is 0. The van der Waals surface area contributed by atoms with Gasteiger partial charge in [0.05, 0.1) is 17.9 Å². The van der Waals surface area contributed by atoms with Crippen molar-refractivity contribution in [2.24, 2.45) is 11.8 Å². The van der Waals surface area contributed by atoms with Crippen molar-refractivity contribution >= 4 is 11.9 Å². The van der Waals surface area contributed by atoms with E-state index in [0.29, 0.717) is 12.8 Å². The first-order chi connectivity index (χ1) is 7.52. The fourth-order valence-electron chi connectivity index (χ4n) is 1.76. The second-order valence-corrected chi connectivity index (χ2v) is 4.09. The highest BCUT2D eigenvalue weighted by Gasteiger charge is 2.33. The summed E-state index contributed by atoms with van der Waals surface area (Å²) in [5, 5.41) is 20.6. The Kier molecular flexibility index (Phi) is 4.49. The van der Waals surface area contributed by atoms with Crippen LogP contribution in [0.2, 0.25) is 0 Å². The van der Waals surface area contributed by atoms with Gasteiger partial charge < -0.3 is 15.5 Å². The standard InChI is InChI=1S/C11H17NO4/c1-7(13)6-12-10(14)8-4-2-3-5-9(8)11(15)16/h2-3,7-9,13H,4-6H2,1H3,(H,12,14)(H,15,16)/t7?,8-,9+/m1/s1. The number of aliphatic carboxylic acids is 1. The third-order valence-corrected chi connectivity index (χ3v) is 2.66. The predicted octanol–water partition coefficient (Wildman–Crippen LogP) is 0.150. The maximum absolute atomic E-state index is 11.7. The van der Waals surface area contributed by atoms with Crippen LogP contribution in [-0.4, -0.2) is 34.7 Å². The molecule has 0 heterocycles. The van der Waals surface area contributed by atoms with Gasteiger partial charge in [0.15, 0.2) is 0 Å². The Morgan fingerprint density at radius 2 is 1.94 bits per heavy atom. The van der Waals surface area contributed by atoms with Crippen LogP contribution in [0.3, 0.4) is 0 Å². The lowest BCUT2D eigenvalue weighted by atomic mass is 9.82. The Morgan fingerprint density at radius 3 is 2.44 bits per heavy atom. The summed E-state index contributed by atoms with van der Waals surface area (Å²) in [7, 11) is 0. The number of aliphatic hydroxyl groups is 1. The van der Waals surface area contributed by atoms with Crippen LogP contribution in [-0.2, 0) is 9.59 Å². The summed E-state index contributed by atoms with van der Waals surface area (Å²) in [6.45, 7) is 1.72. The van der Waals surface area contributed by atoms with Crippen molar-refractivity contribution in [2.75, 3.05) is 6.54 Å². The minimum Gasteiger partial charge on any atom is -0.481 e. The van der Waals surface area contributed by atoms with Crippen molar-refractivity contribution in [1.82, 2.24) is 5.32 Å². The van der Waals surface area contributed by atoms with Crippen LogP contribution in [0.4, 0.5) is 0 Å². The van der Waals surface area contributed by atoms with E-state index < -0.39 is 23.9 Å². The molecule has 5 nitrogen and oxygen atoms in total. The van der Waals surface area contributed by atoms with Gasteiger partial charge in [-0.1, -0.05) is 12.2 Å². The van der Waals surface area contributed by atoms with Crippen molar-refractivity contribution in [3.63, 3.8) is 0 Å². The van der Waals surface area contributed by atoms with Gasteiger partial charge in [0.1, 0.15) is 0 Å². The number of amides is 1. The molecule has 1 amide bonds. The zero-order valence-electron chi connectivity index (χ0n) is 9.22. The fraction of sp³-hybridized carbons (Fsp3) is 0.636. The van der Waals surface area contributed by atoms with Crippen LogP contribution in [0.5, 0.6) is 0 Å². The van der Waals surface area contributed by atoms with Crippen LogP contribution in [0.15, 0.2) is 12.2 Å². The van der Waals surface area contributed by atoms with Crippen molar-refractivity contribution < 1.29 is 19.8 Å². The van der Waals surface area contributed by atoms with Crippen LogP contribution < -0.4 is 5.32 Å². The van der Waals surface area contributed by atoms with Gasteiger partial charge >= 0.3 is 5.97 Å². The molecule has 0 aromatic heterocycles. The number of carboxylic acid groups (broad SMARTS) is 1. The normalized spacial score (nSPS) is 26.1. The molecule has 1 rings (SSSR count). The highest BCUT2D eigenvalue weighted by Crippen LogP contribution is 2.25. The summed E-state index contributed by atoms with van der Waals surface area (Å²) in [4.78, 5) is 22.6. The van der Waals surface area contributed by atoms with Crippen LogP contribution >= 0.6 is 0 Å². The number of aliphatic hydroxyl groups excluding tert-OH is 1. The van der Waals surface area contributed by atoms with Gasteiger partial charge in [0, 0.05) is 6.54 Å². The SMILES string of the molecule is CC(O)CNC(=O)[C@@H]1CC=CC[C@@H]1C(=O)O. The van der Waals surface area contributed by atoms with E-state index in [2.05, 4.69) is 5.32 Å². The van der Waals surface area contributed by atoms with Gasteiger partial charge in [-0.25, -0.2) is 0 Å². The Bertz CT molecular complexity index is 298. The molecule has 0 aromatic carbocycles. The van der Waals surface area contributed by atoms with E-state index in [1.165, 1.54) is 0 Å². The number of hydrogen-bond donors (Lipinski definition) is 3. The van der Waals surface area contributed by atoms with E-state index in [-0.39, 0.29) is 12.5 Å². The summed E-state index contributed by atoms with van der Waals surface area (Å²) in [5.41, 5.74) is 0. The Morgan fingerprint density at radius 1 is 1.38 bits per heavy atom. The Balaban J connectivity index is 2.58. The third-order valence-electron chi connectivity index (χ3n) is 2.66. The molecule has 5 heteroatoms. The largest absolute Gasteiger partial charge is 0.481 e. The van der Waals surface area contributed by atoms with Crippen molar-refractivity contribution in [2.45, 2.75) is 25.9 Å². The molecule has 0 radical (unpaired) electrons. The molecule has 0 spiro atoms.